The van der Waals surface area contributed by atoms with E-state index in [1.165, 1.54) is 11.9 Å². The van der Waals surface area contributed by atoms with E-state index in [-0.39, 0.29) is 0 Å². The lowest BCUT2D eigenvalue weighted by Crippen LogP contribution is -1.95. The molecule has 2 rings (SSSR count). The predicted molar refractivity (Wildman–Crippen MR) is 102 cm³/mol. The lowest BCUT2D eigenvalue weighted by molar-refractivity contribution is 0.324. The third kappa shape index (κ3) is 5.12. The number of ether oxygens (including phenoxy) is 3. The lowest BCUT2D eigenvalue weighted by Gasteiger charge is -2.12. The monoisotopic (exact) mass is 353 g/mol. The van der Waals surface area contributed by atoms with Crippen molar-refractivity contribution < 1.29 is 14.2 Å². The maximum atomic E-state index is 5.34. The van der Waals surface area contributed by atoms with E-state index in [1.54, 1.807) is 21.3 Å². The van der Waals surface area contributed by atoms with Crippen LogP contribution in [0.15, 0.2) is 36.4 Å². The zero-order valence-corrected chi connectivity index (χ0v) is 15.2. The molecule has 0 bridgehead atoms. The van der Waals surface area contributed by atoms with Crippen LogP contribution in [0.5, 0.6) is 17.2 Å². The van der Waals surface area contributed by atoms with E-state index in [0.717, 1.165) is 16.7 Å². The Labute approximate surface area is 152 Å². The molecule has 0 fully saturated rings. The van der Waals surface area contributed by atoms with Crippen molar-refractivity contribution in [1.82, 2.24) is 0 Å². The van der Waals surface area contributed by atoms with Crippen molar-refractivity contribution in [3.05, 3.63) is 53.1 Å². The van der Waals surface area contributed by atoms with Gasteiger partial charge in [0, 0.05) is 16.7 Å². The Kier molecular flexibility index (Phi) is 7.10. The molecule has 2 aromatic carbocycles. The molecule has 2 aromatic rings. The summed E-state index contributed by atoms with van der Waals surface area (Å²) in [7, 11) is 4.73. The van der Waals surface area contributed by atoms with Crippen LogP contribution in [0.3, 0.4) is 0 Å². The fourth-order valence-electron chi connectivity index (χ4n) is 2.11. The Morgan fingerprint density at radius 2 is 1.32 bits per heavy atom. The molecule has 0 atom stereocenters. The summed E-state index contributed by atoms with van der Waals surface area (Å²) in [4.78, 5) is 0. The minimum Gasteiger partial charge on any atom is -0.493 e. The van der Waals surface area contributed by atoms with Crippen LogP contribution in [-0.4, -0.2) is 27.1 Å². The van der Waals surface area contributed by atoms with Gasteiger partial charge in [-0.15, -0.1) is 0 Å². The number of nitrogens with two attached hydrogens (primary N) is 1. The van der Waals surface area contributed by atoms with Crippen molar-refractivity contribution in [3.8, 4) is 40.9 Å². The molecule has 2 N–H and O–H groups in total. The second-order valence-corrected chi connectivity index (χ2v) is 5.48. The maximum absolute atomic E-state index is 5.34. The van der Waals surface area contributed by atoms with E-state index in [0.29, 0.717) is 23.0 Å². The molecule has 25 heavy (non-hydrogen) atoms. The number of rotatable bonds is 4. The summed E-state index contributed by atoms with van der Waals surface area (Å²) in [6.45, 7) is 0. The highest BCUT2D eigenvalue weighted by Gasteiger charge is 2.12. The third-order valence-corrected chi connectivity index (χ3v) is 3.60. The first kappa shape index (κ1) is 18.6. The van der Waals surface area contributed by atoms with E-state index >= 15 is 0 Å². The van der Waals surface area contributed by atoms with E-state index in [2.05, 4.69) is 23.7 Å². The molecule has 0 aliphatic carbocycles. The highest BCUT2D eigenvalue weighted by molar-refractivity contribution is 7.97. The predicted octanol–water partition coefficient (Wildman–Crippen LogP) is 3.07. The molecule has 0 amide bonds. The van der Waals surface area contributed by atoms with E-state index in [1.807, 2.05) is 36.4 Å². The van der Waals surface area contributed by atoms with E-state index in [4.69, 9.17) is 19.3 Å². The third-order valence-electron chi connectivity index (χ3n) is 3.29. The largest absolute Gasteiger partial charge is 0.493 e. The quantitative estimate of drug-likeness (QED) is 0.676. The molecule has 0 radical (unpaired) electrons. The van der Waals surface area contributed by atoms with Crippen LogP contribution in [0, 0.1) is 23.7 Å². The Balaban J connectivity index is 2.25. The van der Waals surface area contributed by atoms with Gasteiger partial charge < -0.3 is 14.2 Å². The summed E-state index contributed by atoms with van der Waals surface area (Å²) in [5.74, 6) is 14.6. The van der Waals surface area contributed by atoms with Gasteiger partial charge in [0.1, 0.15) is 0 Å². The first-order valence-corrected chi connectivity index (χ1v) is 8.49. The van der Waals surface area contributed by atoms with Crippen LogP contribution in [0.1, 0.15) is 16.7 Å². The van der Waals surface area contributed by atoms with Gasteiger partial charge in [-0.2, -0.15) is 0 Å². The van der Waals surface area contributed by atoms with Crippen molar-refractivity contribution >= 4 is 11.9 Å². The molecular formula is C20H19NO3S. The first-order valence-electron chi connectivity index (χ1n) is 7.44. The summed E-state index contributed by atoms with van der Waals surface area (Å²) in [5.41, 5.74) is 2.61. The van der Waals surface area contributed by atoms with Crippen molar-refractivity contribution in [3.63, 3.8) is 0 Å². The molecule has 0 aliphatic heterocycles. The normalized spacial score (nSPS) is 9.28. The number of hydrogen-bond donors (Lipinski definition) is 1. The average Bonchev–Trinajstić information content (AvgIpc) is 2.66. The zero-order valence-electron chi connectivity index (χ0n) is 14.4. The number of methoxy groups -OCH3 is 3. The van der Waals surface area contributed by atoms with E-state index < -0.39 is 0 Å². The molecule has 0 aliphatic rings. The second-order valence-electron chi connectivity index (χ2n) is 4.85. The molecule has 0 aromatic heterocycles. The number of benzene rings is 2. The smallest absolute Gasteiger partial charge is 0.203 e. The minimum absolute atomic E-state index is 0.550. The van der Waals surface area contributed by atoms with Gasteiger partial charge in [0.25, 0.3) is 0 Å². The Hall–Kier alpha value is -2.73. The molecular weight excluding hydrogens is 334 g/mol. The molecule has 0 saturated carbocycles. The first-order chi connectivity index (χ1) is 12.2. The maximum Gasteiger partial charge on any atom is 0.203 e. The van der Waals surface area contributed by atoms with Crippen molar-refractivity contribution in [2.45, 2.75) is 0 Å². The van der Waals surface area contributed by atoms with Crippen LogP contribution in [-0.2, 0) is 0 Å². The highest BCUT2D eigenvalue weighted by Crippen LogP contribution is 2.37. The summed E-state index contributed by atoms with van der Waals surface area (Å²) in [6, 6.07) is 11.4. The van der Waals surface area contributed by atoms with Gasteiger partial charge in [-0.25, -0.2) is 0 Å². The highest BCUT2D eigenvalue weighted by atomic mass is 32.2. The molecule has 4 nitrogen and oxygen atoms in total. The Bertz CT molecular complexity index is 814. The molecule has 0 saturated heterocycles. The summed E-state index contributed by atoms with van der Waals surface area (Å²) in [5, 5.41) is 5.34. The topological polar surface area (TPSA) is 53.7 Å². The lowest BCUT2D eigenvalue weighted by atomic mass is 10.1. The van der Waals surface area contributed by atoms with Crippen LogP contribution in [0.25, 0.3) is 0 Å². The van der Waals surface area contributed by atoms with Crippen LogP contribution in [0.4, 0.5) is 0 Å². The zero-order chi connectivity index (χ0) is 18.1. The molecule has 0 heterocycles. The number of hydrogen-bond acceptors (Lipinski definition) is 5. The second kappa shape index (κ2) is 9.54. The summed E-state index contributed by atoms with van der Waals surface area (Å²) in [6.07, 6.45) is 0. The molecule has 0 unspecified atom stereocenters. The van der Waals surface area contributed by atoms with Gasteiger partial charge in [-0.3, -0.25) is 5.14 Å². The van der Waals surface area contributed by atoms with Crippen molar-refractivity contribution in [1.29, 1.82) is 0 Å². The van der Waals surface area contributed by atoms with Gasteiger partial charge >= 0.3 is 0 Å². The van der Waals surface area contributed by atoms with Gasteiger partial charge in [0.2, 0.25) is 5.75 Å². The summed E-state index contributed by atoms with van der Waals surface area (Å²) < 4.78 is 16.0. The fraction of sp³-hybridized carbons (Fsp3) is 0.200. The van der Waals surface area contributed by atoms with E-state index in [9.17, 15) is 0 Å². The van der Waals surface area contributed by atoms with Crippen LogP contribution in [0.2, 0.25) is 0 Å². The molecule has 128 valence electrons. The Morgan fingerprint density at radius 3 is 1.80 bits per heavy atom. The molecule has 0 spiro atoms. The van der Waals surface area contributed by atoms with Gasteiger partial charge in [-0.05, 0) is 36.4 Å². The van der Waals surface area contributed by atoms with Gasteiger partial charge in [-0.1, -0.05) is 35.6 Å². The average molecular weight is 353 g/mol. The van der Waals surface area contributed by atoms with Crippen molar-refractivity contribution in [2.24, 2.45) is 5.14 Å². The standard InChI is InChI=1S/C20H19NO3S/c1-22-18-13-17(14-19(23-2)20(18)24-3)11-10-16-8-6-15(7-9-16)5-4-12-25-21/h6-9,13-14H,12,21H2,1-3H3. The molecule has 5 heteroatoms. The van der Waals surface area contributed by atoms with Crippen LogP contribution >= 0.6 is 11.9 Å². The van der Waals surface area contributed by atoms with Gasteiger partial charge in [0.05, 0.1) is 27.1 Å². The Morgan fingerprint density at radius 1 is 0.800 bits per heavy atom. The fourth-order valence-corrected chi connectivity index (χ4v) is 2.27. The summed E-state index contributed by atoms with van der Waals surface area (Å²) >= 11 is 1.21. The SMILES string of the molecule is COc1cc(C#Cc2ccc(C#CCSN)cc2)cc(OC)c1OC. The van der Waals surface area contributed by atoms with Gasteiger partial charge in [0.15, 0.2) is 11.5 Å². The van der Waals surface area contributed by atoms with Crippen LogP contribution < -0.4 is 19.3 Å². The van der Waals surface area contributed by atoms with Crippen molar-refractivity contribution in [2.75, 3.05) is 27.1 Å². The minimum atomic E-state index is 0.550.